The first-order valence-corrected chi connectivity index (χ1v) is 6.09. The molecule has 1 aromatic rings. The SMILES string of the molecule is CC(C)(O)C(C)(C)OB(O)c1cc(O)c(Cl)cc1F. The molecule has 0 amide bonds. The molecule has 0 saturated carbocycles. The smallest absolute Gasteiger partial charge is 0.494 e. The number of halogens is 2. The number of benzene rings is 1. The molecule has 0 radical (unpaired) electrons. The fraction of sp³-hybridized carbons (Fsp3) is 0.500. The Kier molecular flexibility index (Phi) is 4.52. The third-order valence-corrected chi connectivity index (χ3v) is 3.51. The molecule has 1 rings (SSSR count). The second-order valence-corrected chi connectivity index (χ2v) is 5.77. The van der Waals surface area contributed by atoms with Gasteiger partial charge in [-0.15, -0.1) is 0 Å². The quantitative estimate of drug-likeness (QED) is 0.734. The summed E-state index contributed by atoms with van der Waals surface area (Å²) in [4.78, 5) is 0. The second kappa shape index (κ2) is 5.29. The Hall–Kier alpha value is -0.815. The zero-order valence-electron chi connectivity index (χ0n) is 11.2. The third-order valence-electron chi connectivity index (χ3n) is 3.21. The van der Waals surface area contributed by atoms with Crippen molar-refractivity contribution in [2.45, 2.75) is 38.9 Å². The topological polar surface area (TPSA) is 69.9 Å². The summed E-state index contributed by atoms with van der Waals surface area (Å²) >= 11 is 5.54. The lowest BCUT2D eigenvalue weighted by Crippen LogP contribution is -2.53. The molecule has 0 spiro atoms. The molecule has 0 heterocycles. The molecule has 0 bridgehead atoms. The number of phenolic OH excluding ortho intramolecular Hbond substituents is 1. The summed E-state index contributed by atoms with van der Waals surface area (Å²) in [7, 11) is -1.63. The van der Waals surface area contributed by atoms with Gasteiger partial charge in [0.1, 0.15) is 11.6 Å². The molecule has 0 aliphatic carbocycles. The summed E-state index contributed by atoms with van der Waals surface area (Å²) in [6, 6.07) is 1.87. The molecule has 106 valence electrons. The predicted octanol–water partition coefficient (Wildman–Crippen LogP) is 1.44. The van der Waals surface area contributed by atoms with Gasteiger partial charge in [-0.25, -0.2) is 4.39 Å². The first-order valence-electron chi connectivity index (χ1n) is 5.72. The van der Waals surface area contributed by atoms with Crippen molar-refractivity contribution in [1.82, 2.24) is 0 Å². The average Bonchev–Trinajstić information content (AvgIpc) is 2.20. The van der Waals surface area contributed by atoms with Crippen molar-refractivity contribution in [2.75, 3.05) is 0 Å². The van der Waals surface area contributed by atoms with Crippen molar-refractivity contribution in [3.8, 4) is 5.75 Å². The van der Waals surface area contributed by atoms with E-state index in [9.17, 15) is 19.6 Å². The highest BCUT2D eigenvalue weighted by Crippen LogP contribution is 2.27. The van der Waals surface area contributed by atoms with Gasteiger partial charge >= 0.3 is 7.12 Å². The van der Waals surface area contributed by atoms with Gasteiger partial charge in [-0.2, -0.15) is 0 Å². The molecule has 0 fully saturated rings. The molecular formula is C12H17BClFO4. The minimum atomic E-state index is -1.63. The van der Waals surface area contributed by atoms with Crippen LogP contribution in [0.3, 0.4) is 0 Å². The first-order chi connectivity index (χ1) is 8.45. The molecule has 0 aliphatic rings. The van der Waals surface area contributed by atoms with Crippen LogP contribution in [0.1, 0.15) is 27.7 Å². The van der Waals surface area contributed by atoms with E-state index in [1.807, 2.05) is 0 Å². The van der Waals surface area contributed by atoms with E-state index in [-0.39, 0.29) is 16.2 Å². The molecule has 3 N–H and O–H groups in total. The summed E-state index contributed by atoms with van der Waals surface area (Å²) in [6.45, 7) is 6.14. The molecule has 0 atom stereocenters. The number of hydrogen-bond acceptors (Lipinski definition) is 4. The Labute approximate surface area is 116 Å². The molecule has 1 aromatic carbocycles. The Bertz CT molecular complexity index is 474. The highest BCUT2D eigenvalue weighted by atomic mass is 35.5. The van der Waals surface area contributed by atoms with E-state index in [4.69, 9.17) is 16.3 Å². The zero-order valence-corrected chi connectivity index (χ0v) is 12.0. The van der Waals surface area contributed by atoms with E-state index >= 15 is 0 Å². The average molecular weight is 291 g/mol. The number of aromatic hydroxyl groups is 1. The standard InChI is InChI=1S/C12H17BClFO4/c1-11(2,17)12(3,4)19-13(18)7-5-10(16)8(14)6-9(7)15/h5-6,16-18H,1-4H3. The fourth-order valence-corrected chi connectivity index (χ4v) is 1.38. The maximum absolute atomic E-state index is 13.7. The van der Waals surface area contributed by atoms with Crippen molar-refractivity contribution in [2.24, 2.45) is 0 Å². The van der Waals surface area contributed by atoms with Gasteiger partial charge in [0.2, 0.25) is 0 Å². The lowest BCUT2D eigenvalue weighted by molar-refractivity contribution is -0.0983. The number of aliphatic hydroxyl groups is 1. The van der Waals surface area contributed by atoms with Crippen molar-refractivity contribution >= 4 is 24.2 Å². The van der Waals surface area contributed by atoms with Crippen molar-refractivity contribution in [3.05, 3.63) is 23.0 Å². The van der Waals surface area contributed by atoms with E-state index in [0.717, 1.165) is 12.1 Å². The van der Waals surface area contributed by atoms with E-state index in [1.165, 1.54) is 13.8 Å². The van der Waals surface area contributed by atoms with Crippen LogP contribution in [0.15, 0.2) is 12.1 Å². The molecular weight excluding hydrogens is 273 g/mol. The largest absolute Gasteiger partial charge is 0.506 e. The van der Waals surface area contributed by atoms with Gasteiger partial charge < -0.3 is 19.9 Å². The summed E-state index contributed by atoms with van der Waals surface area (Å²) in [5.41, 5.74) is -2.63. The van der Waals surface area contributed by atoms with Crippen LogP contribution in [0, 0.1) is 5.82 Å². The number of rotatable bonds is 4. The van der Waals surface area contributed by atoms with Gasteiger partial charge in [0.25, 0.3) is 0 Å². The minimum Gasteiger partial charge on any atom is -0.506 e. The number of hydrogen-bond donors (Lipinski definition) is 3. The highest BCUT2D eigenvalue weighted by Gasteiger charge is 2.40. The van der Waals surface area contributed by atoms with Crippen LogP contribution in [-0.4, -0.2) is 33.6 Å². The Balaban J connectivity index is 3.03. The monoisotopic (exact) mass is 290 g/mol. The van der Waals surface area contributed by atoms with E-state index < -0.39 is 24.1 Å². The fourth-order valence-electron chi connectivity index (χ4n) is 1.23. The van der Waals surface area contributed by atoms with Crippen LogP contribution < -0.4 is 5.46 Å². The molecule has 0 unspecified atom stereocenters. The lowest BCUT2D eigenvalue weighted by atomic mass is 9.76. The van der Waals surface area contributed by atoms with Crippen LogP contribution in [0.5, 0.6) is 5.75 Å². The normalized spacial score (nSPS) is 12.6. The van der Waals surface area contributed by atoms with Crippen LogP contribution in [0.25, 0.3) is 0 Å². The lowest BCUT2D eigenvalue weighted by Gasteiger charge is -2.38. The summed E-state index contributed by atoms with van der Waals surface area (Å²) in [5.74, 6) is -1.16. The molecule has 0 saturated heterocycles. The maximum atomic E-state index is 13.7. The Morgan fingerprint density at radius 3 is 2.26 bits per heavy atom. The molecule has 0 aromatic heterocycles. The van der Waals surface area contributed by atoms with Crippen LogP contribution in [0.2, 0.25) is 5.02 Å². The van der Waals surface area contributed by atoms with Gasteiger partial charge in [0.15, 0.2) is 0 Å². The van der Waals surface area contributed by atoms with Crippen molar-refractivity contribution < 1.29 is 24.3 Å². The van der Waals surface area contributed by atoms with Crippen molar-refractivity contribution in [3.63, 3.8) is 0 Å². The van der Waals surface area contributed by atoms with Gasteiger partial charge in [0.05, 0.1) is 16.2 Å². The molecule has 19 heavy (non-hydrogen) atoms. The van der Waals surface area contributed by atoms with E-state index in [0.29, 0.717) is 0 Å². The summed E-state index contributed by atoms with van der Waals surface area (Å²) in [6.07, 6.45) is 0. The van der Waals surface area contributed by atoms with E-state index in [2.05, 4.69) is 0 Å². The van der Waals surface area contributed by atoms with Crippen LogP contribution >= 0.6 is 11.6 Å². The van der Waals surface area contributed by atoms with Crippen molar-refractivity contribution in [1.29, 1.82) is 0 Å². The second-order valence-electron chi connectivity index (χ2n) is 5.36. The highest BCUT2D eigenvalue weighted by molar-refractivity contribution is 6.60. The van der Waals surface area contributed by atoms with Gasteiger partial charge in [-0.3, -0.25) is 0 Å². The number of phenols is 1. The Morgan fingerprint density at radius 1 is 1.26 bits per heavy atom. The summed E-state index contributed by atoms with van der Waals surface area (Å²) in [5, 5.41) is 29.1. The van der Waals surface area contributed by atoms with E-state index in [1.54, 1.807) is 13.8 Å². The maximum Gasteiger partial charge on any atom is 0.494 e. The zero-order chi connectivity index (χ0) is 15.0. The third kappa shape index (κ3) is 3.60. The van der Waals surface area contributed by atoms with Crippen LogP contribution in [-0.2, 0) is 4.65 Å². The van der Waals surface area contributed by atoms with Gasteiger partial charge in [-0.05, 0) is 39.8 Å². The summed E-state index contributed by atoms with van der Waals surface area (Å²) < 4.78 is 18.9. The molecule has 7 heteroatoms. The first kappa shape index (κ1) is 16.2. The van der Waals surface area contributed by atoms with Gasteiger partial charge in [-0.1, -0.05) is 11.6 Å². The molecule has 0 aliphatic heterocycles. The van der Waals surface area contributed by atoms with Gasteiger partial charge in [0, 0.05) is 5.46 Å². The minimum absolute atomic E-state index is 0.157. The Morgan fingerprint density at radius 2 is 1.79 bits per heavy atom. The molecule has 4 nitrogen and oxygen atoms in total. The predicted molar refractivity (Wildman–Crippen MR) is 72.1 cm³/mol. The van der Waals surface area contributed by atoms with Crippen LogP contribution in [0.4, 0.5) is 4.39 Å².